The molecular weight excluding hydrogens is 180 g/mol. The molecule has 0 saturated heterocycles. The van der Waals surface area contributed by atoms with Crippen molar-refractivity contribution in [2.24, 2.45) is 0 Å². The highest BCUT2D eigenvalue weighted by Crippen LogP contribution is 2.15. The Labute approximate surface area is 94.0 Å². The van der Waals surface area contributed by atoms with Gasteiger partial charge in [-0.15, -0.1) is 0 Å². The predicted octanol–water partition coefficient (Wildman–Crippen LogP) is 5.01. The van der Waals surface area contributed by atoms with E-state index in [1.165, 1.54) is 30.4 Å². The summed E-state index contributed by atoms with van der Waals surface area (Å²) < 4.78 is 0. The van der Waals surface area contributed by atoms with Crippen LogP contribution in [-0.4, -0.2) is 0 Å². The topological polar surface area (TPSA) is 0 Å². The highest BCUT2D eigenvalue weighted by molar-refractivity contribution is 5.49. The molecule has 0 N–H and O–H groups in total. The van der Waals surface area contributed by atoms with Crippen molar-refractivity contribution < 1.29 is 0 Å². The molecule has 0 heteroatoms. The van der Waals surface area contributed by atoms with E-state index in [1.807, 2.05) is 0 Å². The molecule has 0 heterocycles. The molecule has 0 spiro atoms. The van der Waals surface area contributed by atoms with Crippen molar-refractivity contribution in [3.8, 4) is 0 Å². The summed E-state index contributed by atoms with van der Waals surface area (Å²) in [5.74, 6) is 0.628. The molecule has 0 bridgehead atoms. The summed E-state index contributed by atoms with van der Waals surface area (Å²) in [4.78, 5) is 0. The summed E-state index contributed by atoms with van der Waals surface area (Å²) in [6.07, 6.45) is 8.26. The van der Waals surface area contributed by atoms with Crippen molar-refractivity contribution >= 4 is 6.08 Å². The Morgan fingerprint density at radius 2 is 1.80 bits per heavy atom. The maximum absolute atomic E-state index is 2.27. The molecule has 15 heavy (non-hydrogen) atoms. The quantitative estimate of drug-likeness (QED) is 0.588. The number of rotatable bonds is 5. The largest absolute Gasteiger partial charge is 0.0839 e. The van der Waals surface area contributed by atoms with Crippen LogP contribution in [0.5, 0.6) is 0 Å². The molecule has 1 rings (SSSR count). The molecule has 0 saturated carbocycles. The first kappa shape index (κ1) is 12.0. The number of benzene rings is 1. The van der Waals surface area contributed by atoms with Gasteiger partial charge in [0, 0.05) is 0 Å². The lowest BCUT2D eigenvalue weighted by Crippen LogP contribution is -1.85. The summed E-state index contributed by atoms with van der Waals surface area (Å²) in [7, 11) is 0. The fourth-order valence-corrected chi connectivity index (χ4v) is 1.53. The van der Waals surface area contributed by atoms with Gasteiger partial charge in [0.1, 0.15) is 0 Å². The Balaban J connectivity index is 2.53. The maximum Gasteiger partial charge on any atom is -0.0219 e. The molecule has 0 aromatic heterocycles. The number of allylic oxidation sites excluding steroid dienone is 1. The fourth-order valence-electron chi connectivity index (χ4n) is 1.53. The molecule has 0 aliphatic carbocycles. The summed E-state index contributed by atoms with van der Waals surface area (Å²) in [6, 6.07) is 8.86. The van der Waals surface area contributed by atoms with Gasteiger partial charge in [-0.1, -0.05) is 70.0 Å². The van der Waals surface area contributed by atoms with Crippen LogP contribution in [0.1, 0.15) is 57.1 Å². The molecular formula is C15H22. The molecule has 0 fully saturated rings. The van der Waals surface area contributed by atoms with Crippen LogP contribution in [0.25, 0.3) is 6.08 Å². The molecule has 0 aliphatic heterocycles. The molecule has 0 unspecified atom stereocenters. The van der Waals surface area contributed by atoms with Crippen LogP contribution in [0.2, 0.25) is 0 Å². The molecule has 0 amide bonds. The minimum atomic E-state index is 0.628. The van der Waals surface area contributed by atoms with Crippen LogP contribution in [0, 0.1) is 0 Å². The first-order chi connectivity index (χ1) is 7.24. The first-order valence-corrected chi connectivity index (χ1v) is 6.00. The second kappa shape index (κ2) is 6.44. The Kier molecular flexibility index (Phi) is 5.17. The minimum absolute atomic E-state index is 0.628. The highest BCUT2D eigenvalue weighted by Gasteiger charge is 1.96. The molecule has 0 radical (unpaired) electrons. The van der Waals surface area contributed by atoms with E-state index < -0.39 is 0 Å². The van der Waals surface area contributed by atoms with Crippen LogP contribution >= 0.6 is 0 Å². The Hall–Kier alpha value is -1.04. The third kappa shape index (κ3) is 4.33. The summed E-state index contributed by atoms with van der Waals surface area (Å²) in [6.45, 7) is 6.68. The molecule has 0 nitrogen and oxygen atoms in total. The lowest BCUT2D eigenvalue weighted by atomic mass is 10.0. The van der Waals surface area contributed by atoms with Crippen LogP contribution in [0.4, 0.5) is 0 Å². The third-order valence-corrected chi connectivity index (χ3v) is 2.64. The Morgan fingerprint density at radius 1 is 1.13 bits per heavy atom. The van der Waals surface area contributed by atoms with E-state index in [0.29, 0.717) is 5.92 Å². The summed E-state index contributed by atoms with van der Waals surface area (Å²) in [5, 5.41) is 0. The number of unbranched alkanes of at least 4 members (excludes halogenated alkanes) is 2. The smallest absolute Gasteiger partial charge is 0.0219 e. The van der Waals surface area contributed by atoms with Gasteiger partial charge in [-0.3, -0.25) is 0 Å². The van der Waals surface area contributed by atoms with Crippen molar-refractivity contribution in [2.45, 2.75) is 46.0 Å². The van der Waals surface area contributed by atoms with Crippen LogP contribution in [0.15, 0.2) is 30.3 Å². The molecule has 0 atom stereocenters. The Bertz CT molecular complexity index is 290. The van der Waals surface area contributed by atoms with Crippen molar-refractivity contribution in [3.63, 3.8) is 0 Å². The average molecular weight is 202 g/mol. The van der Waals surface area contributed by atoms with E-state index >= 15 is 0 Å². The zero-order chi connectivity index (χ0) is 11.1. The number of hydrogen-bond donors (Lipinski definition) is 0. The van der Waals surface area contributed by atoms with E-state index in [-0.39, 0.29) is 0 Å². The fraction of sp³-hybridized carbons (Fsp3) is 0.467. The maximum atomic E-state index is 2.27. The molecule has 1 aromatic carbocycles. The van der Waals surface area contributed by atoms with Gasteiger partial charge in [-0.05, 0) is 23.5 Å². The van der Waals surface area contributed by atoms with Crippen LogP contribution < -0.4 is 0 Å². The lowest BCUT2D eigenvalue weighted by Gasteiger charge is -2.04. The van der Waals surface area contributed by atoms with E-state index in [2.05, 4.69) is 57.2 Å². The second-order valence-corrected chi connectivity index (χ2v) is 4.37. The second-order valence-electron chi connectivity index (χ2n) is 4.37. The van der Waals surface area contributed by atoms with Crippen LogP contribution in [0.3, 0.4) is 0 Å². The van der Waals surface area contributed by atoms with Gasteiger partial charge in [0.15, 0.2) is 0 Å². The summed E-state index contributed by atoms with van der Waals surface area (Å²) in [5.41, 5.74) is 2.73. The zero-order valence-electron chi connectivity index (χ0n) is 10.2. The number of hydrogen-bond acceptors (Lipinski definition) is 0. The Morgan fingerprint density at radius 3 is 2.33 bits per heavy atom. The van der Waals surface area contributed by atoms with Crippen molar-refractivity contribution in [1.29, 1.82) is 0 Å². The van der Waals surface area contributed by atoms with Gasteiger partial charge < -0.3 is 0 Å². The van der Waals surface area contributed by atoms with Crippen molar-refractivity contribution in [1.82, 2.24) is 0 Å². The van der Waals surface area contributed by atoms with E-state index in [0.717, 1.165) is 0 Å². The third-order valence-electron chi connectivity index (χ3n) is 2.64. The predicted molar refractivity (Wildman–Crippen MR) is 69.1 cm³/mol. The van der Waals surface area contributed by atoms with Gasteiger partial charge >= 0.3 is 0 Å². The van der Waals surface area contributed by atoms with E-state index in [9.17, 15) is 0 Å². The summed E-state index contributed by atoms with van der Waals surface area (Å²) >= 11 is 0. The van der Waals surface area contributed by atoms with Gasteiger partial charge in [0.25, 0.3) is 0 Å². The first-order valence-electron chi connectivity index (χ1n) is 6.00. The average Bonchev–Trinajstić information content (AvgIpc) is 2.25. The zero-order valence-corrected chi connectivity index (χ0v) is 10.2. The molecule has 0 aliphatic rings. The molecule has 82 valence electrons. The highest BCUT2D eigenvalue weighted by atomic mass is 14.0. The lowest BCUT2D eigenvalue weighted by molar-refractivity contribution is 0.816. The minimum Gasteiger partial charge on any atom is -0.0839 e. The van der Waals surface area contributed by atoms with E-state index in [4.69, 9.17) is 0 Å². The van der Waals surface area contributed by atoms with Gasteiger partial charge in [0.2, 0.25) is 0 Å². The van der Waals surface area contributed by atoms with Crippen LogP contribution in [-0.2, 0) is 0 Å². The molecule has 1 aromatic rings. The standard InChI is InChI=1S/C15H22/c1-4-5-6-7-8-14-9-11-15(12-10-14)13(2)3/h7-13H,4-6H2,1-3H3/b8-7+. The van der Waals surface area contributed by atoms with E-state index in [1.54, 1.807) is 0 Å². The van der Waals surface area contributed by atoms with Gasteiger partial charge in [-0.2, -0.15) is 0 Å². The van der Waals surface area contributed by atoms with Crippen molar-refractivity contribution in [2.75, 3.05) is 0 Å². The monoisotopic (exact) mass is 202 g/mol. The van der Waals surface area contributed by atoms with Gasteiger partial charge in [0.05, 0.1) is 0 Å². The van der Waals surface area contributed by atoms with Crippen molar-refractivity contribution in [3.05, 3.63) is 41.5 Å². The SMILES string of the molecule is CCCC/C=C/c1ccc(C(C)C)cc1. The van der Waals surface area contributed by atoms with Gasteiger partial charge in [-0.25, -0.2) is 0 Å². The normalized spacial score (nSPS) is 11.5.